The fourth-order valence-electron chi connectivity index (χ4n) is 10.9. The highest BCUT2D eigenvalue weighted by Gasteiger charge is 2.40. The van der Waals surface area contributed by atoms with E-state index in [1.54, 1.807) is 73.2 Å². The van der Waals surface area contributed by atoms with Gasteiger partial charge in [-0.15, -0.1) is 11.3 Å². The number of hydrogen-bond donors (Lipinski definition) is 4. The highest BCUT2D eigenvalue weighted by atomic mass is 32.1. The largest absolute Gasteiger partial charge is 0.494 e. The summed E-state index contributed by atoms with van der Waals surface area (Å²) in [4.78, 5) is 87.2. The van der Waals surface area contributed by atoms with Gasteiger partial charge in [0.2, 0.25) is 23.5 Å². The molecule has 18 nitrogen and oxygen atoms in total. The number of thiazole rings is 1. The summed E-state index contributed by atoms with van der Waals surface area (Å²) in [5.74, 6) is 0.237. The van der Waals surface area contributed by atoms with Crippen molar-refractivity contribution in [2.24, 2.45) is 5.92 Å². The number of aromatic nitrogens is 6. The van der Waals surface area contributed by atoms with Gasteiger partial charge in [-0.05, 0) is 102 Å². The fourth-order valence-corrected chi connectivity index (χ4v) is 11.8. The Morgan fingerprint density at radius 3 is 2.42 bits per heavy atom. The van der Waals surface area contributed by atoms with Crippen LogP contribution in [0.3, 0.4) is 0 Å². The van der Waals surface area contributed by atoms with E-state index in [9.17, 15) is 24.0 Å². The number of rotatable bonds is 22. The van der Waals surface area contributed by atoms with E-state index in [1.807, 2.05) is 26.5 Å². The topological polar surface area (TPSA) is 212 Å². The van der Waals surface area contributed by atoms with Gasteiger partial charge in [-0.3, -0.25) is 33.5 Å². The van der Waals surface area contributed by atoms with E-state index in [0.717, 1.165) is 112 Å². The normalized spacial score (nSPS) is 17.9. The van der Waals surface area contributed by atoms with E-state index >= 15 is 4.39 Å². The third-order valence-electron chi connectivity index (χ3n) is 15.7. The van der Waals surface area contributed by atoms with E-state index < -0.39 is 17.9 Å². The SMILES string of the molecule is CN[C@@H](C)C(=O)N[C@H](C(=O)N1CCC[C@H]1c1nc(C(=O)c2cccc(OCCCCCCCC(=O)N3CCN(C(=O)c4ccc(Nc5nc(C6CC6)cn6c(-c7cn[nH]c7)cnc56)c(F)c4)CC3)c2)cs1)C1CCCCC1. The van der Waals surface area contributed by atoms with Crippen molar-refractivity contribution in [3.63, 3.8) is 0 Å². The third kappa shape index (κ3) is 12.5. The van der Waals surface area contributed by atoms with Crippen molar-refractivity contribution in [2.75, 3.05) is 51.7 Å². The van der Waals surface area contributed by atoms with Gasteiger partial charge in [0.25, 0.3) is 5.91 Å². The van der Waals surface area contributed by atoms with Crippen LogP contribution in [0, 0.1) is 11.7 Å². The molecule has 406 valence electrons. The summed E-state index contributed by atoms with van der Waals surface area (Å²) in [6, 6.07) is 10.3. The second-order valence-electron chi connectivity index (χ2n) is 21.0. The van der Waals surface area contributed by atoms with E-state index in [1.165, 1.54) is 17.4 Å². The van der Waals surface area contributed by atoms with Gasteiger partial charge in [0, 0.05) is 79.5 Å². The van der Waals surface area contributed by atoms with Gasteiger partial charge in [0.15, 0.2) is 11.5 Å². The molecule has 77 heavy (non-hydrogen) atoms. The Labute approximate surface area is 452 Å². The minimum atomic E-state index is -0.586. The van der Waals surface area contributed by atoms with Gasteiger partial charge >= 0.3 is 0 Å². The van der Waals surface area contributed by atoms with Gasteiger partial charge in [0.05, 0.1) is 48.2 Å². The second kappa shape index (κ2) is 24.5. The van der Waals surface area contributed by atoms with Gasteiger partial charge in [-0.2, -0.15) is 5.10 Å². The maximum atomic E-state index is 15.7. The molecule has 2 aliphatic heterocycles. The third-order valence-corrected chi connectivity index (χ3v) is 16.6. The Bertz CT molecular complexity index is 3050. The average Bonchev–Trinajstić information content (AvgIpc) is 3.92. The van der Waals surface area contributed by atoms with Crippen molar-refractivity contribution in [1.29, 1.82) is 0 Å². The summed E-state index contributed by atoms with van der Waals surface area (Å²) >= 11 is 1.40. The lowest BCUT2D eigenvalue weighted by Crippen LogP contribution is -2.55. The zero-order valence-corrected chi connectivity index (χ0v) is 44.8. The Balaban J connectivity index is 0.628. The van der Waals surface area contributed by atoms with Crippen molar-refractivity contribution in [2.45, 2.75) is 127 Å². The summed E-state index contributed by atoms with van der Waals surface area (Å²) in [7, 11) is 1.74. The molecule has 0 bridgehead atoms. The average molecular weight is 1070 g/mol. The maximum absolute atomic E-state index is 15.7. The summed E-state index contributed by atoms with van der Waals surface area (Å²) in [5.41, 5.74) is 4.40. The zero-order valence-electron chi connectivity index (χ0n) is 44.0. The molecule has 0 spiro atoms. The molecule has 0 unspecified atom stereocenters. The number of ketones is 1. The molecule has 20 heteroatoms. The summed E-state index contributed by atoms with van der Waals surface area (Å²) in [6.07, 6.45) is 20.8. The van der Waals surface area contributed by atoms with Gasteiger partial charge in [-0.1, -0.05) is 50.7 Å². The molecule has 2 aromatic carbocycles. The number of likely N-dealkylation sites (N-methyl/N-ethyl adjacent to an activating group) is 1. The first-order valence-corrected chi connectivity index (χ1v) is 28.4. The van der Waals surface area contributed by atoms with Crippen LogP contribution < -0.4 is 20.7 Å². The Morgan fingerprint density at radius 2 is 1.65 bits per heavy atom. The van der Waals surface area contributed by atoms with Crippen LogP contribution in [0.1, 0.15) is 152 Å². The molecule has 3 atom stereocenters. The van der Waals surface area contributed by atoms with Gasteiger partial charge < -0.3 is 35.4 Å². The predicted molar refractivity (Wildman–Crippen MR) is 291 cm³/mol. The van der Waals surface area contributed by atoms with Crippen molar-refractivity contribution in [3.8, 4) is 17.0 Å². The molecule has 4 amide bonds. The highest BCUT2D eigenvalue weighted by Crippen LogP contribution is 2.41. The van der Waals surface area contributed by atoms with Crippen molar-refractivity contribution in [1.82, 2.24) is 54.9 Å². The summed E-state index contributed by atoms with van der Waals surface area (Å²) in [5, 5.41) is 18.6. The van der Waals surface area contributed by atoms with Gasteiger partial charge in [0.1, 0.15) is 28.3 Å². The van der Waals surface area contributed by atoms with Crippen molar-refractivity contribution in [3.05, 3.63) is 106 Å². The molecule has 4 aromatic heterocycles. The molecule has 6 aromatic rings. The van der Waals surface area contributed by atoms with Crippen molar-refractivity contribution >= 4 is 57.9 Å². The fraction of sp³-hybridized carbons (Fsp3) is 0.491. The molecule has 2 saturated heterocycles. The molecular formula is C57H69FN12O6S. The van der Waals surface area contributed by atoms with E-state index in [4.69, 9.17) is 14.7 Å². The van der Waals surface area contributed by atoms with Crippen LogP contribution in [0.4, 0.5) is 15.9 Å². The predicted octanol–water partition coefficient (Wildman–Crippen LogP) is 8.61. The number of piperazine rings is 1. The molecule has 2 saturated carbocycles. The first-order chi connectivity index (χ1) is 37.5. The van der Waals surface area contributed by atoms with Crippen LogP contribution in [-0.2, 0) is 14.4 Å². The number of likely N-dealkylation sites (tertiary alicyclic amines) is 1. The Hall–Kier alpha value is -7.06. The number of carbonyl (C=O) groups excluding carboxylic acids is 5. The lowest BCUT2D eigenvalue weighted by Gasteiger charge is -2.35. The standard InChI is InChI=1S/C57H69FN12O6S/c1-36(59-2)54(73)66-50(38-13-7-6-8-14-38)57(75)69-23-12-17-47(69)55-65-46(35-77-55)51(72)39-15-11-16-42(29-39)76-28-10-5-3-4-9-18-49(71)67-24-26-68(27-25-67)56(74)40-21-22-44(43(58)30-40)63-52-53-60-33-48(41-31-61-62-32-41)70(53)34-45(64-52)37-19-20-37/h11,15-16,21-22,29-38,47,50,59H,3-10,12-14,17-20,23-28H2,1-2H3,(H,61,62)(H,63,64)(H,66,73)/t36-,47-,50-/m0/s1. The minimum Gasteiger partial charge on any atom is -0.494 e. The smallest absolute Gasteiger partial charge is 0.254 e. The molecule has 4 aliphatic rings. The van der Waals surface area contributed by atoms with Crippen LogP contribution in [0.15, 0.2) is 72.6 Å². The summed E-state index contributed by atoms with van der Waals surface area (Å²) < 4.78 is 23.7. The number of anilines is 2. The maximum Gasteiger partial charge on any atom is 0.254 e. The van der Waals surface area contributed by atoms with Crippen LogP contribution in [-0.4, -0.2) is 132 Å². The number of aromatic amines is 1. The molecule has 0 radical (unpaired) electrons. The number of nitrogens with one attached hydrogen (secondary N) is 4. The minimum absolute atomic E-state index is 0.0605. The number of unbranched alkanes of at least 4 members (excludes halogenated alkanes) is 4. The van der Waals surface area contributed by atoms with Crippen LogP contribution >= 0.6 is 11.3 Å². The van der Waals surface area contributed by atoms with Crippen LogP contribution in [0.5, 0.6) is 5.75 Å². The van der Waals surface area contributed by atoms with Gasteiger partial charge in [-0.25, -0.2) is 19.3 Å². The van der Waals surface area contributed by atoms with Crippen LogP contribution in [0.2, 0.25) is 0 Å². The number of fused-ring (bicyclic) bond motifs is 1. The number of benzene rings is 2. The quantitative estimate of drug-likeness (QED) is 0.0372. The molecule has 4 N–H and O–H groups in total. The lowest BCUT2D eigenvalue weighted by atomic mass is 9.83. The van der Waals surface area contributed by atoms with Crippen molar-refractivity contribution < 1.29 is 33.1 Å². The summed E-state index contributed by atoms with van der Waals surface area (Å²) in [6.45, 7) is 4.46. The van der Waals surface area contributed by atoms with E-state index in [0.29, 0.717) is 80.1 Å². The van der Waals surface area contributed by atoms with E-state index in [2.05, 4.69) is 31.1 Å². The zero-order chi connectivity index (χ0) is 53.4. The lowest BCUT2D eigenvalue weighted by molar-refractivity contribution is -0.139. The Morgan fingerprint density at radius 1 is 0.857 bits per heavy atom. The Kier molecular flexibility index (Phi) is 17.0. The van der Waals surface area contributed by atoms with Crippen LogP contribution in [0.25, 0.3) is 16.9 Å². The second-order valence-corrected chi connectivity index (χ2v) is 21.9. The number of amides is 4. The number of ether oxygens (including phenoxy) is 1. The monoisotopic (exact) mass is 1070 g/mol. The number of hydrogen-bond acceptors (Lipinski definition) is 13. The number of H-pyrrole nitrogens is 1. The molecule has 2 aliphatic carbocycles. The molecule has 6 heterocycles. The highest BCUT2D eigenvalue weighted by molar-refractivity contribution is 7.10. The number of carbonyl (C=O) groups is 5. The number of imidazole rings is 1. The molecule has 4 fully saturated rings. The number of halogens is 1. The number of nitrogens with zero attached hydrogens (tertiary/aromatic N) is 8. The first-order valence-electron chi connectivity index (χ1n) is 27.5. The first kappa shape index (κ1) is 53.3. The molecular weight excluding hydrogens is 1000 g/mol. The molecule has 10 rings (SSSR count). The van der Waals surface area contributed by atoms with E-state index in [-0.39, 0.29) is 52.6 Å².